The normalized spacial score (nSPS) is 22.0. The van der Waals surface area contributed by atoms with Gasteiger partial charge >= 0.3 is 5.97 Å². The fourth-order valence-corrected chi connectivity index (χ4v) is 4.02. The standard InChI is InChI=1S/C16H20N2O2S/c1-10-6-7-12(8-10)18-13-5-3-4-11(2)15(13)17-16(18)21-9-14(19)20/h3-5,10,12H,6-9H2,1-2H3,(H,19,20). The maximum Gasteiger partial charge on any atom is 0.313 e. The molecule has 2 atom stereocenters. The van der Waals surface area contributed by atoms with Gasteiger partial charge in [0.1, 0.15) is 0 Å². The summed E-state index contributed by atoms with van der Waals surface area (Å²) in [6, 6.07) is 6.66. The van der Waals surface area contributed by atoms with Crippen molar-refractivity contribution in [3.05, 3.63) is 23.8 Å². The third-order valence-electron chi connectivity index (χ3n) is 4.25. The van der Waals surface area contributed by atoms with E-state index in [0.717, 1.165) is 40.5 Å². The molecule has 2 aromatic rings. The Balaban J connectivity index is 2.06. The Morgan fingerprint density at radius 3 is 2.95 bits per heavy atom. The van der Waals surface area contributed by atoms with E-state index < -0.39 is 5.97 Å². The maximum atomic E-state index is 10.9. The van der Waals surface area contributed by atoms with E-state index in [1.165, 1.54) is 18.2 Å². The predicted octanol–water partition coefficient (Wildman–Crippen LogP) is 3.88. The van der Waals surface area contributed by atoms with Crippen LogP contribution in [-0.4, -0.2) is 26.4 Å². The maximum absolute atomic E-state index is 10.9. The van der Waals surface area contributed by atoms with Gasteiger partial charge in [-0.15, -0.1) is 0 Å². The molecule has 3 rings (SSSR count). The Kier molecular flexibility index (Phi) is 3.93. The Morgan fingerprint density at radius 1 is 1.48 bits per heavy atom. The highest BCUT2D eigenvalue weighted by molar-refractivity contribution is 7.99. The highest BCUT2D eigenvalue weighted by atomic mass is 32.2. The SMILES string of the molecule is Cc1cccc2c1nc(SCC(=O)O)n2C1CCC(C)C1. The van der Waals surface area contributed by atoms with Crippen LogP contribution in [0.15, 0.2) is 23.4 Å². The first-order valence-corrected chi connectivity index (χ1v) is 8.37. The third-order valence-corrected chi connectivity index (χ3v) is 5.18. The molecule has 0 spiro atoms. The van der Waals surface area contributed by atoms with Crippen molar-refractivity contribution < 1.29 is 9.90 Å². The molecule has 4 nitrogen and oxygen atoms in total. The summed E-state index contributed by atoms with van der Waals surface area (Å²) < 4.78 is 2.28. The van der Waals surface area contributed by atoms with Gasteiger partial charge in [0, 0.05) is 6.04 Å². The van der Waals surface area contributed by atoms with E-state index in [0.29, 0.717) is 6.04 Å². The molecule has 1 aromatic carbocycles. The molecule has 1 aliphatic carbocycles. The highest BCUT2D eigenvalue weighted by Gasteiger charge is 2.27. The lowest BCUT2D eigenvalue weighted by Crippen LogP contribution is -2.08. The van der Waals surface area contributed by atoms with Crippen LogP contribution >= 0.6 is 11.8 Å². The number of fused-ring (bicyclic) bond motifs is 1. The van der Waals surface area contributed by atoms with Crippen LogP contribution in [0.5, 0.6) is 0 Å². The first-order chi connectivity index (χ1) is 10.1. The number of hydrogen-bond acceptors (Lipinski definition) is 3. The van der Waals surface area contributed by atoms with E-state index in [2.05, 4.69) is 36.6 Å². The van der Waals surface area contributed by atoms with E-state index in [4.69, 9.17) is 10.1 Å². The van der Waals surface area contributed by atoms with Crippen molar-refractivity contribution in [2.24, 2.45) is 5.92 Å². The van der Waals surface area contributed by atoms with Crippen LogP contribution in [0, 0.1) is 12.8 Å². The fourth-order valence-electron chi connectivity index (χ4n) is 3.23. The van der Waals surface area contributed by atoms with Crippen LogP contribution in [0.1, 0.15) is 37.8 Å². The third kappa shape index (κ3) is 2.79. The lowest BCUT2D eigenvalue weighted by Gasteiger charge is -2.16. The molecule has 1 fully saturated rings. The number of nitrogens with zero attached hydrogens (tertiary/aromatic N) is 2. The zero-order chi connectivity index (χ0) is 15.0. The molecule has 21 heavy (non-hydrogen) atoms. The molecule has 1 aliphatic rings. The molecular weight excluding hydrogens is 284 g/mol. The number of rotatable bonds is 4. The van der Waals surface area contributed by atoms with E-state index in [1.54, 1.807) is 0 Å². The van der Waals surface area contributed by atoms with Crippen molar-refractivity contribution in [3.8, 4) is 0 Å². The summed E-state index contributed by atoms with van der Waals surface area (Å²) in [7, 11) is 0. The smallest absolute Gasteiger partial charge is 0.313 e. The van der Waals surface area contributed by atoms with Crippen LogP contribution in [-0.2, 0) is 4.79 Å². The van der Waals surface area contributed by atoms with E-state index in [-0.39, 0.29) is 5.75 Å². The lowest BCUT2D eigenvalue weighted by molar-refractivity contribution is -0.133. The summed E-state index contributed by atoms with van der Waals surface area (Å²) in [5, 5.41) is 9.79. The first kappa shape index (κ1) is 14.4. The molecule has 5 heteroatoms. The van der Waals surface area contributed by atoms with Gasteiger partial charge in [0.25, 0.3) is 0 Å². The van der Waals surface area contributed by atoms with Crippen molar-refractivity contribution in [2.45, 2.75) is 44.3 Å². The second kappa shape index (κ2) is 5.72. The quantitative estimate of drug-likeness (QED) is 0.871. The molecule has 0 amide bonds. The lowest BCUT2D eigenvalue weighted by atomic mass is 10.1. The molecule has 0 saturated heterocycles. The minimum atomic E-state index is -0.796. The van der Waals surface area contributed by atoms with Crippen LogP contribution in [0.3, 0.4) is 0 Å². The van der Waals surface area contributed by atoms with E-state index in [1.807, 2.05) is 0 Å². The topological polar surface area (TPSA) is 55.1 Å². The molecule has 0 bridgehead atoms. The molecular formula is C16H20N2O2S. The van der Waals surface area contributed by atoms with Gasteiger partial charge in [0.05, 0.1) is 16.8 Å². The predicted molar refractivity (Wildman–Crippen MR) is 84.9 cm³/mol. The number of aryl methyl sites for hydroxylation is 1. The van der Waals surface area contributed by atoms with E-state index in [9.17, 15) is 4.79 Å². The average Bonchev–Trinajstić information content (AvgIpc) is 3.00. The van der Waals surface area contributed by atoms with Crippen LogP contribution < -0.4 is 0 Å². The van der Waals surface area contributed by atoms with Crippen LogP contribution in [0.2, 0.25) is 0 Å². The van der Waals surface area contributed by atoms with Crippen molar-refractivity contribution in [1.29, 1.82) is 0 Å². The number of thioether (sulfide) groups is 1. The number of hydrogen-bond donors (Lipinski definition) is 1. The number of aromatic nitrogens is 2. The number of aliphatic carboxylic acids is 1. The number of benzene rings is 1. The Labute approximate surface area is 128 Å². The summed E-state index contributed by atoms with van der Waals surface area (Å²) in [5.41, 5.74) is 3.29. The number of carboxylic acid groups (broad SMARTS) is 1. The molecule has 2 unspecified atom stereocenters. The monoisotopic (exact) mass is 304 g/mol. The molecule has 1 N–H and O–H groups in total. The van der Waals surface area contributed by atoms with Gasteiger partial charge in [-0.25, -0.2) is 4.98 Å². The second-order valence-electron chi connectivity index (χ2n) is 5.96. The summed E-state index contributed by atoms with van der Waals surface area (Å²) in [4.78, 5) is 15.6. The zero-order valence-corrected chi connectivity index (χ0v) is 13.2. The fraction of sp³-hybridized carbons (Fsp3) is 0.500. The minimum Gasteiger partial charge on any atom is -0.481 e. The molecule has 0 aliphatic heterocycles. The van der Waals surface area contributed by atoms with Gasteiger partial charge in [-0.05, 0) is 43.7 Å². The number of carbonyl (C=O) groups is 1. The summed E-state index contributed by atoms with van der Waals surface area (Å²) in [6.45, 7) is 4.34. The van der Waals surface area contributed by atoms with Crippen molar-refractivity contribution in [3.63, 3.8) is 0 Å². The number of carboxylic acids is 1. The van der Waals surface area contributed by atoms with Gasteiger partial charge < -0.3 is 9.67 Å². The molecule has 1 heterocycles. The first-order valence-electron chi connectivity index (χ1n) is 7.38. The summed E-state index contributed by atoms with van der Waals surface area (Å²) in [6.07, 6.45) is 3.54. The van der Waals surface area contributed by atoms with Gasteiger partial charge in [-0.1, -0.05) is 30.8 Å². The Bertz CT molecular complexity index is 680. The van der Waals surface area contributed by atoms with E-state index >= 15 is 0 Å². The van der Waals surface area contributed by atoms with Gasteiger partial charge in [0.2, 0.25) is 0 Å². The van der Waals surface area contributed by atoms with Crippen LogP contribution in [0.25, 0.3) is 11.0 Å². The molecule has 112 valence electrons. The van der Waals surface area contributed by atoms with Crippen molar-refractivity contribution in [1.82, 2.24) is 9.55 Å². The van der Waals surface area contributed by atoms with Gasteiger partial charge in [0.15, 0.2) is 5.16 Å². The Hall–Kier alpha value is -1.49. The van der Waals surface area contributed by atoms with Crippen molar-refractivity contribution in [2.75, 3.05) is 5.75 Å². The average molecular weight is 304 g/mol. The molecule has 0 radical (unpaired) electrons. The largest absolute Gasteiger partial charge is 0.481 e. The molecule has 1 aromatic heterocycles. The summed E-state index contributed by atoms with van der Waals surface area (Å²) >= 11 is 1.33. The summed E-state index contributed by atoms with van der Waals surface area (Å²) in [5.74, 6) is -0.00493. The zero-order valence-electron chi connectivity index (χ0n) is 12.4. The van der Waals surface area contributed by atoms with Gasteiger partial charge in [-0.2, -0.15) is 0 Å². The molecule has 1 saturated carbocycles. The van der Waals surface area contributed by atoms with Crippen LogP contribution in [0.4, 0.5) is 0 Å². The van der Waals surface area contributed by atoms with Crippen molar-refractivity contribution >= 4 is 28.8 Å². The minimum absolute atomic E-state index is 0.0602. The second-order valence-corrected chi connectivity index (χ2v) is 6.90. The Morgan fingerprint density at radius 2 is 2.29 bits per heavy atom. The van der Waals surface area contributed by atoms with Gasteiger partial charge in [-0.3, -0.25) is 4.79 Å². The highest BCUT2D eigenvalue weighted by Crippen LogP contribution is 2.39. The number of para-hydroxylation sites is 1. The number of imidazole rings is 1.